The Hall–Kier alpha value is -2.00. The molecule has 0 saturated heterocycles. The molecule has 2 saturated carbocycles. The van der Waals surface area contributed by atoms with Crippen LogP contribution in [0.2, 0.25) is 18.1 Å². The number of rotatable bonds is 5. The highest BCUT2D eigenvalue weighted by molar-refractivity contribution is 6.74. The lowest BCUT2D eigenvalue weighted by Crippen LogP contribution is -2.44. The number of hydrogen-bond acceptors (Lipinski definition) is 4. The van der Waals surface area contributed by atoms with E-state index < -0.39 is 8.32 Å². The van der Waals surface area contributed by atoms with Gasteiger partial charge in [-0.3, -0.25) is 4.98 Å². The fourth-order valence-electron chi connectivity index (χ4n) is 7.58. The van der Waals surface area contributed by atoms with Crippen LogP contribution in [-0.4, -0.2) is 13.3 Å². The van der Waals surface area contributed by atoms with Crippen molar-refractivity contribution in [3.63, 3.8) is 0 Å². The molecule has 5 heteroatoms. The van der Waals surface area contributed by atoms with Crippen LogP contribution in [0.4, 0.5) is 0 Å². The molecule has 6 rings (SSSR count). The Morgan fingerprint density at radius 3 is 2.20 bits per heavy atom. The normalized spacial score (nSPS) is 25.7. The number of aromatic nitrogens is 1. The van der Waals surface area contributed by atoms with Crippen molar-refractivity contribution in [2.75, 3.05) is 0 Å². The predicted octanol–water partition coefficient (Wildman–Crippen LogP) is 9.68. The lowest BCUT2D eigenvalue weighted by atomic mass is 9.70. The Morgan fingerprint density at radius 2 is 1.66 bits per heavy atom. The summed E-state index contributed by atoms with van der Waals surface area (Å²) in [7, 11) is -2.04. The average molecular weight is 571 g/mol. The Labute approximate surface area is 249 Å². The summed E-state index contributed by atoms with van der Waals surface area (Å²) in [6.45, 7) is 21.2. The van der Waals surface area contributed by atoms with Crippen LogP contribution in [0.1, 0.15) is 151 Å². The van der Waals surface area contributed by atoms with Gasteiger partial charge < -0.3 is 9.16 Å². The summed E-state index contributed by atoms with van der Waals surface area (Å²) < 4.78 is 14.7. The first-order chi connectivity index (χ1) is 19.1. The van der Waals surface area contributed by atoms with Gasteiger partial charge in [0.05, 0.1) is 23.2 Å². The zero-order valence-corrected chi connectivity index (χ0v) is 27.9. The largest absolute Gasteiger partial charge is 0.410 e. The molecule has 220 valence electrons. The van der Waals surface area contributed by atoms with Gasteiger partial charge in [-0.25, -0.2) is 0 Å². The highest BCUT2D eigenvalue weighted by Gasteiger charge is 2.54. The van der Waals surface area contributed by atoms with Crippen LogP contribution >= 0.6 is 0 Å². The van der Waals surface area contributed by atoms with Crippen LogP contribution in [-0.2, 0) is 26.6 Å². The highest BCUT2D eigenvalue weighted by atomic mass is 28.4. The molecular formula is C36H50N2O2Si. The van der Waals surface area contributed by atoms with E-state index in [1.54, 1.807) is 0 Å². The van der Waals surface area contributed by atoms with Crippen LogP contribution in [0.3, 0.4) is 0 Å². The van der Waals surface area contributed by atoms with E-state index in [2.05, 4.69) is 91.9 Å². The van der Waals surface area contributed by atoms with E-state index in [1.165, 1.54) is 46.5 Å². The Balaban J connectivity index is 1.55. The molecule has 1 spiro atoms. The van der Waals surface area contributed by atoms with E-state index in [-0.39, 0.29) is 33.7 Å². The quantitative estimate of drug-likeness (QED) is 0.336. The average Bonchev–Trinajstić information content (AvgIpc) is 3.43. The number of pyridine rings is 1. The van der Waals surface area contributed by atoms with E-state index >= 15 is 0 Å². The van der Waals surface area contributed by atoms with Gasteiger partial charge >= 0.3 is 0 Å². The van der Waals surface area contributed by atoms with Crippen LogP contribution in [0, 0.1) is 16.7 Å². The molecule has 0 radical (unpaired) electrons. The van der Waals surface area contributed by atoms with Crippen molar-refractivity contribution in [1.29, 1.82) is 5.26 Å². The van der Waals surface area contributed by atoms with Crippen molar-refractivity contribution in [3.05, 3.63) is 63.5 Å². The predicted molar refractivity (Wildman–Crippen MR) is 167 cm³/mol. The Kier molecular flexibility index (Phi) is 6.74. The molecule has 1 unspecified atom stereocenters. The maximum atomic E-state index is 9.77. The van der Waals surface area contributed by atoms with Crippen LogP contribution in [0.15, 0.2) is 24.3 Å². The van der Waals surface area contributed by atoms with Gasteiger partial charge in [0.15, 0.2) is 8.32 Å². The van der Waals surface area contributed by atoms with Crippen LogP contribution < -0.4 is 0 Å². The summed E-state index contributed by atoms with van der Waals surface area (Å²) >= 11 is 0. The summed E-state index contributed by atoms with van der Waals surface area (Å²) in [5, 5.41) is 9.91. The van der Waals surface area contributed by atoms with Gasteiger partial charge in [-0.05, 0) is 84.7 Å². The molecule has 4 nitrogen and oxygen atoms in total. The van der Waals surface area contributed by atoms with Crippen LogP contribution in [0.5, 0.6) is 0 Å². The third-order valence-corrected chi connectivity index (χ3v) is 15.6. The summed E-state index contributed by atoms with van der Waals surface area (Å²) in [6, 6.07) is 11.4. The number of fused-ring (bicyclic) bond motifs is 4. The molecule has 2 aromatic rings. The van der Waals surface area contributed by atoms with Crippen molar-refractivity contribution < 1.29 is 9.16 Å². The Morgan fingerprint density at radius 1 is 1.02 bits per heavy atom. The maximum absolute atomic E-state index is 9.77. The lowest BCUT2D eigenvalue weighted by Gasteiger charge is -2.45. The minimum Gasteiger partial charge on any atom is -0.410 e. The molecule has 2 atom stereocenters. The lowest BCUT2D eigenvalue weighted by molar-refractivity contribution is -0.0579. The monoisotopic (exact) mass is 570 g/mol. The first kappa shape index (κ1) is 29.1. The Bertz CT molecular complexity index is 1380. The van der Waals surface area contributed by atoms with Crippen LogP contribution in [0.25, 0.3) is 0 Å². The van der Waals surface area contributed by atoms with E-state index in [0.717, 1.165) is 44.1 Å². The summed E-state index contributed by atoms with van der Waals surface area (Å²) in [4.78, 5) is 5.55. The molecule has 1 aromatic heterocycles. The molecule has 0 bridgehead atoms. The highest BCUT2D eigenvalue weighted by Crippen LogP contribution is 2.60. The van der Waals surface area contributed by atoms with Gasteiger partial charge in [0, 0.05) is 22.5 Å². The van der Waals surface area contributed by atoms with Gasteiger partial charge in [-0.1, -0.05) is 85.6 Å². The second-order valence-corrected chi connectivity index (χ2v) is 21.0. The van der Waals surface area contributed by atoms with Crippen molar-refractivity contribution in [2.24, 2.45) is 5.41 Å². The smallest absolute Gasteiger partial charge is 0.192 e. The topological polar surface area (TPSA) is 55.1 Å². The number of ether oxygens (including phenoxy) is 1. The molecule has 2 heterocycles. The molecular weight excluding hydrogens is 520 g/mol. The third kappa shape index (κ3) is 4.73. The molecule has 4 aliphatic rings. The molecule has 0 N–H and O–H groups in total. The zero-order valence-electron chi connectivity index (χ0n) is 26.9. The fraction of sp³-hybridized carbons (Fsp3) is 0.667. The molecule has 1 aliphatic heterocycles. The molecule has 1 aromatic carbocycles. The van der Waals surface area contributed by atoms with Crippen molar-refractivity contribution >= 4 is 8.32 Å². The number of nitrogens with zero attached hydrogens (tertiary/aromatic N) is 2. The van der Waals surface area contributed by atoms with E-state index in [1.807, 2.05) is 0 Å². The molecule has 41 heavy (non-hydrogen) atoms. The minimum atomic E-state index is -2.04. The van der Waals surface area contributed by atoms with Crippen molar-refractivity contribution in [3.8, 4) is 6.07 Å². The molecule has 2 fully saturated rings. The molecule has 0 amide bonds. The van der Waals surface area contributed by atoms with Gasteiger partial charge in [0.25, 0.3) is 0 Å². The second-order valence-electron chi connectivity index (χ2n) is 16.2. The summed E-state index contributed by atoms with van der Waals surface area (Å²) in [5.41, 5.74) is 8.51. The number of benzene rings is 1. The van der Waals surface area contributed by atoms with E-state index in [4.69, 9.17) is 14.1 Å². The third-order valence-electron chi connectivity index (χ3n) is 11.1. The van der Waals surface area contributed by atoms with E-state index in [0.29, 0.717) is 5.92 Å². The number of hydrogen-bond donors (Lipinski definition) is 0. The standard InChI is InChI=1S/C36H50N2O2Si/c1-23(2)31-29-30(28-26(38-31)20-34(6,7)21-27(28)40-41(8,9)33(3,4)5)36(16-10-11-17-36)39-32(29)24-12-14-25(15-13-24)35(22-37)18-19-35/h12-15,23,27,32H,10-11,16-21H2,1-9H3/t27?,32-/m1/s1. The minimum absolute atomic E-state index is 0.0460. The van der Waals surface area contributed by atoms with Gasteiger partial charge in [-0.15, -0.1) is 0 Å². The summed E-state index contributed by atoms with van der Waals surface area (Å²) in [5.74, 6) is 0.300. The molecule has 3 aliphatic carbocycles. The first-order valence-electron chi connectivity index (χ1n) is 16.1. The SMILES string of the molecule is CC(C)c1nc2c(c3c1[C@@H](c1ccc(C4(C#N)CC4)cc1)OC31CCCC1)C(O[Si](C)(C)C(C)(C)C)CC(C)(C)C2. The number of nitriles is 1. The van der Waals surface area contributed by atoms with Gasteiger partial charge in [0.1, 0.15) is 6.10 Å². The van der Waals surface area contributed by atoms with Gasteiger partial charge in [-0.2, -0.15) is 5.26 Å². The summed E-state index contributed by atoms with van der Waals surface area (Å²) in [6.07, 6.45) is 8.38. The van der Waals surface area contributed by atoms with Crippen molar-refractivity contribution in [2.45, 2.75) is 147 Å². The van der Waals surface area contributed by atoms with E-state index in [9.17, 15) is 5.26 Å². The first-order valence-corrected chi connectivity index (χ1v) is 19.0. The zero-order chi connectivity index (χ0) is 29.6. The fourth-order valence-corrected chi connectivity index (χ4v) is 8.85. The van der Waals surface area contributed by atoms with Gasteiger partial charge in [0.2, 0.25) is 0 Å². The van der Waals surface area contributed by atoms with Crippen molar-refractivity contribution in [1.82, 2.24) is 4.98 Å². The second kappa shape index (κ2) is 9.50. The maximum Gasteiger partial charge on any atom is 0.192 e.